The fourth-order valence-corrected chi connectivity index (χ4v) is 1.48. The molecule has 0 bridgehead atoms. The highest BCUT2D eigenvalue weighted by atomic mass is 19.4. The number of halogens is 3. The Bertz CT molecular complexity index is 498. The van der Waals surface area contributed by atoms with E-state index in [1.165, 1.54) is 13.0 Å². The van der Waals surface area contributed by atoms with E-state index < -0.39 is 12.1 Å². The fourth-order valence-electron chi connectivity index (χ4n) is 1.48. The molecule has 0 saturated carbocycles. The van der Waals surface area contributed by atoms with Crippen LogP contribution in [0.15, 0.2) is 18.2 Å². The zero-order valence-electron chi connectivity index (χ0n) is 10.4. The van der Waals surface area contributed by atoms with Crippen LogP contribution in [0.1, 0.15) is 19.4 Å². The van der Waals surface area contributed by atoms with E-state index in [-0.39, 0.29) is 11.6 Å². The maximum absolute atomic E-state index is 12.2. The van der Waals surface area contributed by atoms with Crippen LogP contribution in [0.2, 0.25) is 0 Å². The van der Waals surface area contributed by atoms with E-state index in [4.69, 9.17) is 0 Å². The molecule has 0 heterocycles. The molecule has 0 radical (unpaired) electrons. The molecule has 0 aliphatic rings. The van der Waals surface area contributed by atoms with E-state index in [9.17, 15) is 22.8 Å². The monoisotopic (exact) mass is 274 g/mol. The van der Waals surface area contributed by atoms with E-state index in [0.717, 1.165) is 0 Å². The zero-order valence-corrected chi connectivity index (χ0v) is 10.4. The molecule has 0 aliphatic carbocycles. The first kappa shape index (κ1) is 15.0. The minimum Gasteiger partial charge on any atom is -0.326 e. The minimum atomic E-state index is -4.95. The van der Waals surface area contributed by atoms with Gasteiger partial charge in [-0.05, 0) is 24.1 Å². The van der Waals surface area contributed by atoms with E-state index in [1.54, 1.807) is 24.4 Å². The van der Waals surface area contributed by atoms with Crippen LogP contribution in [-0.4, -0.2) is 18.0 Å². The Kier molecular flexibility index (Phi) is 4.52. The van der Waals surface area contributed by atoms with Crippen molar-refractivity contribution in [1.82, 2.24) is 0 Å². The van der Waals surface area contributed by atoms with Gasteiger partial charge in [-0.3, -0.25) is 9.59 Å². The number of alkyl halides is 3. The van der Waals surface area contributed by atoms with Crippen LogP contribution in [0.4, 0.5) is 24.5 Å². The molecule has 1 aromatic rings. The van der Waals surface area contributed by atoms with Gasteiger partial charge in [0.2, 0.25) is 5.91 Å². The molecule has 0 saturated heterocycles. The normalized spacial score (nSPS) is 11.0. The van der Waals surface area contributed by atoms with Crippen LogP contribution in [0.3, 0.4) is 0 Å². The van der Waals surface area contributed by atoms with Crippen molar-refractivity contribution < 1.29 is 22.8 Å². The van der Waals surface area contributed by atoms with Crippen molar-refractivity contribution in [3.63, 3.8) is 0 Å². The number of nitrogens with one attached hydrogen (secondary N) is 2. The molecule has 0 aliphatic heterocycles. The maximum Gasteiger partial charge on any atom is 0.471 e. The molecule has 0 aromatic heterocycles. The molecule has 1 rings (SSSR count). The Morgan fingerprint density at radius 3 is 2.32 bits per heavy atom. The van der Waals surface area contributed by atoms with Crippen molar-refractivity contribution in [3.05, 3.63) is 23.8 Å². The predicted octanol–water partition coefficient (Wildman–Crippen LogP) is 2.71. The fraction of sp³-hybridized carbons (Fsp3) is 0.333. The topological polar surface area (TPSA) is 58.2 Å². The molecule has 4 nitrogen and oxygen atoms in total. The SMILES string of the molecule is CCc1ccc(NC(C)=O)cc1NC(=O)C(F)(F)F. The van der Waals surface area contributed by atoms with E-state index >= 15 is 0 Å². The first-order chi connectivity index (χ1) is 8.74. The summed E-state index contributed by atoms with van der Waals surface area (Å²) in [6.45, 7) is 3.03. The average molecular weight is 274 g/mol. The number of carbonyl (C=O) groups is 2. The van der Waals surface area contributed by atoms with Gasteiger partial charge in [-0.1, -0.05) is 13.0 Å². The van der Waals surface area contributed by atoms with Crippen molar-refractivity contribution in [2.24, 2.45) is 0 Å². The Labute approximate surface area is 108 Å². The number of benzene rings is 1. The molecule has 2 amide bonds. The molecular formula is C12H13F3N2O2. The van der Waals surface area contributed by atoms with Crippen molar-refractivity contribution >= 4 is 23.2 Å². The highest BCUT2D eigenvalue weighted by Crippen LogP contribution is 2.24. The lowest BCUT2D eigenvalue weighted by Gasteiger charge is -2.13. The lowest BCUT2D eigenvalue weighted by atomic mass is 10.1. The number of aryl methyl sites for hydroxylation is 1. The van der Waals surface area contributed by atoms with Gasteiger partial charge in [0.1, 0.15) is 0 Å². The van der Waals surface area contributed by atoms with Crippen molar-refractivity contribution in [3.8, 4) is 0 Å². The van der Waals surface area contributed by atoms with Crippen LogP contribution >= 0.6 is 0 Å². The third-order valence-electron chi connectivity index (χ3n) is 2.32. The predicted molar refractivity (Wildman–Crippen MR) is 64.8 cm³/mol. The van der Waals surface area contributed by atoms with Crippen LogP contribution < -0.4 is 10.6 Å². The third kappa shape index (κ3) is 4.27. The summed E-state index contributed by atoms with van der Waals surface area (Å²) < 4.78 is 36.6. The molecule has 2 N–H and O–H groups in total. The third-order valence-corrected chi connectivity index (χ3v) is 2.32. The summed E-state index contributed by atoms with van der Waals surface area (Å²) in [6.07, 6.45) is -4.50. The van der Waals surface area contributed by atoms with Gasteiger partial charge in [0.25, 0.3) is 0 Å². The van der Waals surface area contributed by atoms with Crippen molar-refractivity contribution in [2.45, 2.75) is 26.4 Å². The number of carbonyl (C=O) groups excluding carboxylic acids is 2. The Morgan fingerprint density at radius 2 is 1.84 bits per heavy atom. The largest absolute Gasteiger partial charge is 0.471 e. The summed E-state index contributed by atoms with van der Waals surface area (Å²) in [6, 6.07) is 4.41. The van der Waals surface area contributed by atoms with Crippen molar-refractivity contribution in [2.75, 3.05) is 10.6 Å². The van der Waals surface area contributed by atoms with Crippen molar-refractivity contribution in [1.29, 1.82) is 0 Å². The molecule has 104 valence electrons. The van der Waals surface area contributed by atoms with Crippen LogP contribution in [0.25, 0.3) is 0 Å². The summed E-state index contributed by atoms with van der Waals surface area (Å²) >= 11 is 0. The molecule has 7 heteroatoms. The van der Waals surface area contributed by atoms with Gasteiger partial charge in [-0.15, -0.1) is 0 Å². The number of amides is 2. The summed E-state index contributed by atoms with van der Waals surface area (Å²) in [5.74, 6) is -2.39. The lowest BCUT2D eigenvalue weighted by molar-refractivity contribution is -0.167. The molecular weight excluding hydrogens is 261 g/mol. The minimum absolute atomic E-state index is 0.0380. The second kappa shape index (κ2) is 5.73. The van der Waals surface area contributed by atoms with Gasteiger partial charge < -0.3 is 10.6 Å². The lowest BCUT2D eigenvalue weighted by Crippen LogP contribution is -2.30. The van der Waals surface area contributed by atoms with Gasteiger partial charge in [-0.2, -0.15) is 13.2 Å². The molecule has 0 fully saturated rings. The highest BCUT2D eigenvalue weighted by molar-refractivity contribution is 5.97. The molecule has 0 spiro atoms. The Balaban J connectivity index is 3.02. The Morgan fingerprint density at radius 1 is 1.21 bits per heavy atom. The number of anilines is 2. The summed E-state index contributed by atoms with van der Waals surface area (Å²) in [5, 5.41) is 4.24. The average Bonchev–Trinajstić information content (AvgIpc) is 2.27. The smallest absolute Gasteiger partial charge is 0.326 e. The van der Waals surface area contributed by atoms with Gasteiger partial charge in [0, 0.05) is 18.3 Å². The number of hydrogen-bond donors (Lipinski definition) is 2. The maximum atomic E-state index is 12.2. The molecule has 1 aromatic carbocycles. The van der Waals surface area contributed by atoms with Crippen LogP contribution in [0, 0.1) is 0 Å². The zero-order chi connectivity index (χ0) is 14.6. The molecule has 0 unspecified atom stereocenters. The highest BCUT2D eigenvalue weighted by Gasteiger charge is 2.38. The summed E-state index contributed by atoms with van der Waals surface area (Å²) in [5.41, 5.74) is 0.907. The van der Waals surface area contributed by atoms with Gasteiger partial charge in [0.05, 0.1) is 0 Å². The first-order valence-corrected chi connectivity index (χ1v) is 5.52. The van der Waals surface area contributed by atoms with Crippen LogP contribution in [-0.2, 0) is 16.0 Å². The second-order valence-electron chi connectivity index (χ2n) is 3.86. The van der Waals surface area contributed by atoms with E-state index in [0.29, 0.717) is 17.7 Å². The molecule has 19 heavy (non-hydrogen) atoms. The number of rotatable bonds is 3. The summed E-state index contributed by atoms with van der Waals surface area (Å²) in [7, 11) is 0. The molecule has 0 atom stereocenters. The van der Waals surface area contributed by atoms with E-state index in [1.807, 2.05) is 0 Å². The quantitative estimate of drug-likeness (QED) is 0.890. The van der Waals surface area contributed by atoms with Crippen LogP contribution in [0.5, 0.6) is 0 Å². The van der Waals surface area contributed by atoms with E-state index in [2.05, 4.69) is 5.32 Å². The van der Waals surface area contributed by atoms with Gasteiger partial charge in [-0.25, -0.2) is 0 Å². The summed E-state index contributed by atoms with van der Waals surface area (Å²) in [4.78, 5) is 21.8. The first-order valence-electron chi connectivity index (χ1n) is 5.52. The van der Waals surface area contributed by atoms with Gasteiger partial charge >= 0.3 is 12.1 Å². The standard InChI is InChI=1S/C12H13F3N2O2/c1-3-8-4-5-9(16-7(2)18)6-10(8)17-11(19)12(13,14)15/h4-6H,3H2,1-2H3,(H,16,18)(H,17,19). The second-order valence-corrected chi connectivity index (χ2v) is 3.86. The Hall–Kier alpha value is -2.05. The number of hydrogen-bond acceptors (Lipinski definition) is 2. The van der Waals surface area contributed by atoms with Gasteiger partial charge in [0.15, 0.2) is 0 Å².